The molecule has 0 aromatic heterocycles. The molecule has 0 saturated carbocycles. The topological polar surface area (TPSA) is 68.3 Å². The molecule has 0 spiro atoms. The van der Waals surface area contributed by atoms with Crippen molar-refractivity contribution in [2.45, 2.75) is 195 Å². The van der Waals surface area contributed by atoms with Crippen molar-refractivity contribution in [2.24, 2.45) is 5.92 Å². The zero-order valence-corrected chi connectivity index (χ0v) is 32.5. The van der Waals surface area contributed by atoms with E-state index in [-0.39, 0.29) is 12.1 Å². The van der Waals surface area contributed by atoms with E-state index in [1.54, 1.807) is 0 Å². The number of esters is 1. The van der Waals surface area contributed by atoms with Crippen LogP contribution < -0.4 is 0 Å². The van der Waals surface area contributed by atoms with Gasteiger partial charge in [-0.25, -0.2) is 4.79 Å². The molecule has 0 N–H and O–H groups in total. The molecule has 0 bridgehead atoms. The molecule has 0 rings (SSSR count). The van der Waals surface area contributed by atoms with Crippen molar-refractivity contribution in [1.82, 2.24) is 9.80 Å². The van der Waals surface area contributed by atoms with Gasteiger partial charge in [0.15, 0.2) is 0 Å². The zero-order chi connectivity index (χ0) is 35.0. The predicted octanol–water partition coefficient (Wildman–Crippen LogP) is 11.0. The quantitative estimate of drug-likeness (QED) is 0.0499. The van der Waals surface area contributed by atoms with Crippen molar-refractivity contribution < 1.29 is 23.8 Å². The Hall–Kier alpha value is -1.34. The Balaban J connectivity index is 4.75. The number of carbonyl (C=O) groups excluding carboxylic acids is 2. The van der Waals surface area contributed by atoms with Crippen molar-refractivity contribution >= 4 is 12.1 Å². The maximum absolute atomic E-state index is 12.7. The van der Waals surface area contributed by atoms with E-state index in [1.165, 1.54) is 83.5 Å². The molecule has 0 aliphatic rings. The highest BCUT2D eigenvalue weighted by Crippen LogP contribution is 2.21. The lowest BCUT2D eigenvalue weighted by Crippen LogP contribution is -2.40. The van der Waals surface area contributed by atoms with Crippen LogP contribution in [0.25, 0.3) is 0 Å². The van der Waals surface area contributed by atoms with Crippen LogP contribution in [0, 0.1) is 5.92 Å². The Bertz CT molecular complexity index is 700. The van der Waals surface area contributed by atoms with E-state index in [0.717, 1.165) is 58.3 Å². The van der Waals surface area contributed by atoms with Gasteiger partial charge in [-0.05, 0) is 71.4 Å². The Labute approximate surface area is 292 Å². The van der Waals surface area contributed by atoms with Gasteiger partial charge in [0.25, 0.3) is 0 Å². The largest absolute Gasteiger partial charge is 0.508 e. The molecule has 0 heterocycles. The first-order valence-corrected chi connectivity index (χ1v) is 20.3. The van der Waals surface area contributed by atoms with Crippen LogP contribution in [0.15, 0.2) is 0 Å². The van der Waals surface area contributed by atoms with Gasteiger partial charge in [0, 0.05) is 32.1 Å². The van der Waals surface area contributed by atoms with Gasteiger partial charge in [0.05, 0.1) is 6.61 Å². The van der Waals surface area contributed by atoms with Crippen molar-refractivity contribution in [3.05, 3.63) is 0 Å². The van der Waals surface area contributed by atoms with E-state index in [9.17, 15) is 9.59 Å². The first kappa shape index (κ1) is 45.7. The number of rotatable bonds is 34. The summed E-state index contributed by atoms with van der Waals surface area (Å²) in [6.07, 6.45) is 22.6. The number of likely N-dealkylation sites (N-methyl/N-ethyl adjacent to an activating group) is 1. The van der Waals surface area contributed by atoms with Gasteiger partial charge in [0.2, 0.25) is 0 Å². The van der Waals surface area contributed by atoms with E-state index in [2.05, 4.69) is 58.3 Å². The summed E-state index contributed by atoms with van der Waals surface area (Å²) in [5.41, 5.74) is 0. The van der Waals surface area contributed by atoms with Crippen LogP contribution in [0.3, 0.4) is 0 Å². The van der Waals surface area contributed by atoms with Crippen LogP contribution in [0.1, 0.15) is 183 Å². The molecule has 280 valence electrons. The van der Waals surface area contributed by atoms with Crippen LogP contribution >= 0.6 is 0 Å². The maximum atomic E-state index is 12.7. The first-order valence-electron chi connectivity index (χ1n) is 20.3. The molecule has 0 aromatic rings. The summed E-state index contributed by atoms with van der Waals surface area (Å²) in [6.45, 7) is 21.1. The van der Waals surface area contributed by atoms with Crippen LogP contribution in [0.4, 0.5) is 4.79 Å². The molecule has 7 heteroatoms. The SMILES string of the molecule is CCCCCCCCC(CCCCCC)COC(=O)CCCC(CCCCCCC)OC(=O)OCCN(CCN(CC)CC)C(C)C. The average Bonchev–Trinajstić information content (AvgIpc) is 3.05. The van der Waals surface area contributed by atoms with Crippen LogP contribution in [-0.2, 0) is 19.0 Å². The molecular formula is C40H80N2O5. The highest BCUT2D eigenvalue weighted by molar-refractivity contribution is 5.69. The lowest BCUT2D eigenvalue weighted by molar-refractivity contribution is -0.145. The first-order chi connectivity index (χ1) is 22.8. The average molecular weight is 669 g/mol. The number of carbonyl (C=O) groups is 2. The van der Waals surface area contributed by atoms with E-state index in [4.69, 9.17) is 14.2 Å². The van der Waals surface area contributed by atoms with Gasteiger partial charge in [-0.15, -0.1) is 0 Å². The molecule has 0 amide bonds. The molecule has 2 atom stereocenters. The Kier molecular flexibility index (Phi) is 32.2. The van der Waals surface area contributed by atoms with Crippen molar-refractivity contribution in [2.75, 3.05) is 45.9 Å². The smallest absolute Gasteiger partial charge is 0.465 e. The number of hydrogen-bond donors (Lipinski definition) is 0. The fraction of sp³-hybridized carbons (Fsp3) is 0.950. The third-order valence-corrected chi connectivity index (χ3v) is 9.64. The Morgan fingerprint density at radius 1 is 0.574 bits per heavy atom. The lowest BCUT2D eigenvalue weighted by atomic mass is 9.95. The van der Waals surface area contributed by atoms with Crippen LogP contribution in [0.2, 0.25) is 0 Å². The number of ether oxygens (including phenoxy) is 3. The third kappa shape index (κ3) is 28.2. The number of hydrogen-bond acceptors (Lipinski definition) is 7. The minimum Gasteiger partial charge on any atom is -0.465 e. The van der Waals surface area contributed by atoms with Gasteiger partial charge in [-0.3, -0.25) is 9.69 Å². The van der Waals surface area contributed by atoms with Gasteiger partial charge in [-0.1, -0.05) is 125 Å². The van der Waals surface area contributed by atoms with E-state index >= 15 is 0 Å². The van der Waals surface area contributed by atoms with Gasteiger partial charge >= 0.3 is 12.1 Å². The minimum atomic E-state index is -0.584. The molecule has 0 saturated heterocycles. The summed E-state index contributed by atoms with van der Waals surface area (Å²) in [5, 5.41) is 0. The van der Waals surface area contributed by atoms with Gasteiger partial charge in [0.1, 0.15) is 12.7 Å². The van der Waals surface area contributed by atoms with Crippen molar-refractivity contribution in [3.8, 4) is 0 Å². The molecule has 0 fully saturated rings. The third-order valence-electron chi connectivity index (χ3n) is 9.64. The lowest BCUT2D eigenvalue weighted by Gasteiger charge is -2.29. The van der Waals surface area contributed by atoms with E-state index < -0.39 is 6.16 Å². The van der Waals surface area contributed by atoms with Crippen LogP contribution in [-0.4, -0.2) is 80.0 Å². The fourth-order valence-corrected chi connectivity index (χ4v) is 6.23. The summed E-state index contributed by atoms with van der Waals surface area (Å²) >= 11 is 0. The molecule has 47 heavy (non-hydrogen) atoms. The summed E-state index contributed by atoms with van der Waals surface area (Å²) in [7, 11) is 0. The molecule has 0 aromatic carbocycles. The summed E-state index contributed by atoms with van der Waals surface area (Å²) in [5.74, 6) is 0.356. The predicted molar refractivity (Wildman–Crippen MR) is 199 cm³/mol. The van der Waals surface area contributed by atoms with E-state index in [1.807, 2.05) is 0 Å². The second kappa shape index (κ2) is 33.2. The second-order valence-electron chi connectivity index (χ2n) is 14.0. The van der Waals surface area contributed by atoms with Crippen molar-refractivity contribution in [3.63, 3.8) is 0 Å². The Morgan fingerprint density at radius 3 is 1.64 bits per heavy atom. The molecule has 7 nitrogen and oxygen atoms in total. The number of unbranched alkanes of at least 4 members (excludes halogenated alkanes) is 12. The Morgan fingerprint density at radius 2 is 1.09 bits per heavy atom. The molecule has 0 aliphatic heterocycles. The second-order valence-corrected chi connectivity index (χ2v) is 14.0. The highest BCUT2D eigenvalue weighted by Gasteiger charge is 2.19. The van der Waals surface area contributed by atoms with E-state index in [0.29, 0.717) is 51.0 Å². The summed E-state index contributed by atoms with van der Waals surface area (Å²) < 4.78 is 17.2. The highest BCUT2D eigenvalue weighted by atomic mass is 16.7. The van der Waals surface area contributed by atoms with Crippen molar-refractivity contribution in [1.29, 1.82) is 0 Å². The van der Waals surface area contributed by atoms with Gasteiger partial charge in [-0.2, -0.15) is 0 Å². The molecule has 2 unspecified atom stereocenters. The summed E-state index contributed by atoms with van der Waals surface area (Å²) in [6, 6.07) is 0.382. The van der Waals surface area contributed by atoms with Gasteiger partial charge < -0.3 is 19.1 Å². The summed E-state index contributed by atoms with van der Waals surface area (Å²) in [4.78, 5) is 30.2. The monoisotopic (exact) mass is 669 g/mol. The molecule has 0 aliphatic carbocycles. The normalized spacial score (nSPS) is 13.0. The zero-order valence-electron chi connectivity index (χ0n) is 32.5. The molecule has 0 radical (unpaired) electrons. The molecular weight excluding hydrogens is 588 g/mol. The fourth-order valence-electron chi connectivity index (χ4n) is 6.23. The van der Waals surface area contributed by atoms with Crippen LogP contribution in [0.5, 0.6) is 0 Å². The number of nitrogens with zero attached hydrogens (tertiary/aromatic N) is 2. The minimum absolute atomic E-state index is 0.116. The standard InChI is InChI=1S/C40H80N2O5/c1-8-13-16-19-21-23-27-37(26-22-18-15-10-3)35-46-39(43)30-25-29-38(28-24-20-17-14-9-2)47-40(44)45-34-33-42(36(6)7)32-31-41(11-4)12-5/h36-38H,8-35H2,1-7H3. The maximum Gasteiger partial charge on any atom is 0.508 e.